The van der Waals surface area contributed by atoms with Gasteiger partial charge in [-0.2, -0.15) is 5.10 Å². The molecule has 3 heterocycles. The molecule has 0 atom stereocenters. The molecule has 0 saturated carbocycles. The lowest BCUT2D eigenvalue weighted by Gasteiger charge is -2.00. The van der Waals surface area contributed by atoms with Crippen molar-refractivity contribution in [3.8, 4) is 0 Å². The van der Waals surface area contributed by atoms with Crippen LogP contribution in [-0.4, -0.2) is 29.3 Å². The van der Waals surface area contributed by atoms with Crippen molar-refractivity contribution in [2.45, 2.75) is 13.5 Å². The monoisotopic (exact) mass is 260 g/mol. The number of H-pyrrole nitrogens is 1. The first kappa shape index (κ1) is 11.1. The van der Waals surface area contributed by atoms with Gasteiger partial charge in [0, 0.05) is 12.7 Å². The lowest BCUT2D eigenvalue weighted by molar-refractivity contribution is 0.703. The van der Waals surface area contributed by atoms with Crippen molar-refractivity contribution >= 4 is 23.4 Å². The summed E-state index contributed by atoms with van der Waals surface area (Å²) in [5.41, 5.74) is 2.73. The van der Waals surface area contributed by atoms with E-state index >= 15 is 0 Å². The molecule has 92 valence electrons. The Balaban J connectivity index is 2.13. The molecule has 1 N–H and O–H groups in total. The average Bonchev–Trinajstić information content (AvgIpc) is 2.86. The van der Waals surface area contributed by atoms with Gasteiger partial charge in [-0.1, -0.05) is 0 Å². The zero-order chi connectivity index (χ0) is 12.7. The number of rotatable bonds is 2. The van der Waals surface area contributed by atoms with Crippen LogP contribution >= 0.6 is 12.2 Å². The smallest absolute Gasteiger partial charge is 0.179 e. The predicted octanol–water partition coefficient (Wildman–Crippen LogP) is 1.58. The van der Waals surface area contributed by atoms with E-state index in [1.807, 2.05) is 30.7 Å². The van der Waals surface area contributed by atoms with Crippen molar-refractivity contribution in [3.05, 3.63) is 34.7 Å². The Morgan fingerprint density at radius 2 is 2.22 bits per heavy atom. The number of aryl methyl sites for hydroxylation is 2. The van der Waals surface area contributed by atoms with Crippen LogP contribution in [0.15, 0.2) is 18.5 Å². The van der Waals surface area contributed by atoms with Crippen LogP contribution in [0, 0.1) is 11.7 Å². The Kier molecular flexibility index (Phi) is 2.48. The highest BCUT2D eigenvalue weighted by Gasteiger charge is 2.08. The third kappa shape index (κ3) is 1.82. The Morgan fingerprint density at radius 3 is 2.94 bits per heavy atom. The number of imidazole rings is 1. The topological polar surface area (TPSA) is 64.3 Å². The van der Waals surface area contributed by atoms with Crippen LogP contribution in [0.3, 0.4) is 0 Å². The summed E-state index contributed by atoms with van der Waals surface area (Å²) in [6.45, 7) is 2.48. The van der Waals surface area contributed by atoms with E-state index in [4.69, 9.17) is 12.2 Å². The lowest BCUT2D eigenvalue weighted by Crippen LogP contribution is -2.03. The highest BCUT2D eigenvalue weighted by molar-refractivity contribution is 7.71. The fourth-order valence-corrected chi connectivity index (χ4v) is 2.13. The number of nitrogens with one attached hydrogen (secondary N) is 1. The standard InChI is InChI=1S/C11H12N6S/c1-7-3-4-8-10(13-7)17(11(18)14-8)5-9-12-6-16(2)15-9/h3-4,6H,5H2,1-2H3,(H,14,18). The van der Waals surface area contributed by atoms with Gasteiger partial charge in [0.25, 0.3) is 0 Å². The molecule has 0 fully saturated rings. The van der Waals surface area contributed by atoms with Crippen molar-refractivity contribution in [1.29, 1.82) is 0 Å². The van der Waals surface area contributed by atoms with Gasteiger partial charge in [-0.15, -0.1) is 0 Å². The van der Waals surface area contributed by atoms with E-state index in [9.17, 15) is 0 Å². The van der Waals surface area contributed by atoms with Gasteiger partial charge in [0.15, 0.2) is 16.2 Å². The molecule has 0 radical (unpaired) electrons. The van der Waals surface area contributed by atoms with Crippen LogP contribution in [-0.2, 0) is 13.6 Å². The minimum Gasteiger partial charge on any atom is -0.329 e. The summed E-state index contributed by atoms with van der Waals surface area (Å²) in [6.07, 6.45) is 1.67. The SMILES string of the molecule is Cc1ccc2[nH]c(=S)n(Cc3ncn(C)n3)c2n1. The van der Waals surface area contributed by atoms with Gasteiger partial charge in [-0.05, 0) is 31.3 Å². The molecular weight excluding hydrogens is 248 g/mol. The first-order valence-corrected chi connectivity index (χ1v) is 5.95. The van der Waals surface area contributed by atoms with Crippen molar-refractivity contribution < 1.29 is 0 Å². The number of aromatic amines is 1. The number of nitrogens with zero attached hydrogens (tertiary/aromatic N) is 5. The Hall–Kier alpha value is -2.02. The molecule has 0 amide bonds. The minimum absolute atomic E-state index is 0.524. The zero-order valence-electron chi connectivity index (χ0n) is 10.1. The second-order valence-corrected chi connectivity index (χ2v) is 4.56. The van der Waals surface area contributed by atoms with E-state index in [0.29, 0.717) is 11.3 Å². The molecule has 3 aromatic rings. The van der Waals surface area contributed by atoms with Gasteiger partial charge in [0.2, 0.25) is 0 Å². The zero-order valence-corrected chi connectivity index (χ0v) is 10.9. The van der Waals surface area contributed by atoms with Crippen LogP contribution in [0.1, 0.15) is 11.5 Å². The molecule has 0 aromatic carbocycles. The van der Waals surface area contributed by atoms with Crippen LogP contribution in [0.2, 0.25) is 0 Å². The molecule has 0 spiro atoms. The van der Waals surface area contributed by atoms with E-state index in [2.05, 4.69) is 20.1 Å². The second kappa shape index (κ2) is 4.02. The Morgan fingerprint density at radius 1 is 1.39 bits per heavy atom. The summed E-state index contributed by atoms with van der Waals surface area (Å²) in [6, 6.07) is 3.94. The summed E-state index contributed by atoms with van der Waals surface area (Å²) in [5.74, 6) is 0.720. The van der Waals surface area contributed by atoms with Crippen LogP contribution < -0.4 is 0 Å². The fraction of sp³-hybridized carbons (Fsp3) is 0.273. The predicted molar refractivity (Wildman–Crippen MR) is 69.8 cm³/mol. The maximum atomic E-state index is 5.31. The van der Waals surface area contributed by atoms with Crippen LogP contribution in [0.25, 0.3) is 11.2 Å². The van der Waals surface area contributed by atoms with Gasteiger partial charge in [-0.25, -0.2) is 9.97 Å². The van der Waals surface area contributed by atoms with E-state index in [1.165, 1.54) is 0 Å². The first-order valence-electron chi connectivity index (χ1n) is 5.54. The number of aromatic nitrogens is 6. The molecular formula is C11H12N6S. The van der Waals surface area contributed by atoms with Crippen molar-refractivity contribution in [2.24, 2.45) is 7.05 Å². The molecule has 3 rings (SSSR count). The molecule has 0 saturated heterocycles. The lowest BCUT2D eigenvalue weighted by atomic mass is 10.3. The number of hydrogen-bond acceptors (Lipinski definition) is 4. The van der Waals surface area contributed by atoms with Crippen molar-refractivity contribution in [1.82, 2.24) is 29.3 Å². The third-order valence-electron chi connectivity index (χ3n) is 2.70. The van der Waals surface area contributed by atoms with Crippen molar-refractivity contribution in [3.63, 3.8) is 0 Å². The Labute approximate surface area is 108 Å². The van der Waals surface area contributed by atoms with Gasteiger partial charge >= 0.3 is 0 Å². The van der Waals surface area contributed by atoms with Crippen LogP contribution in [0.5, 0.6) is 0 Å². The van der Waals surface area contributed by atoms with Crippen molar-refractivity contribution in [2.75, 3.05) is 0 Å². The highest BCUT2D eigenvalue weighted by Crippen LogP contribution is 2.13. The summed E-state index contributed by atoms with van der Waals surface area (Å²) >= 11 is 5.31. The molecule has 0 aliphatic rings. The summed E-state index contributed by atoms with van der Waals surface area (Å²) < 4.78 is 4.22. The first-order chi connectivity index (χ1) is 8.63. The van der Waals surface area contributed by atoms with E-state index in [1.54, 1.807) is 11.0 Å². The summed E-state index contributed by atoms with van der Waals surface area (Å²) in [7, 11) is 1.84. The van der Waals surface area contributed by atoms with Gasteiger partial charge in [0.1, 0.15) is 6.33 Å². The summed E-state index contributed by atoms with van der Waals surface area (Å²) in [4.78, 5) is 11.8. The third-order valence-corrected chi connectivity index (χ3v) is 3.03. The van der Waals surface area contributed by atoms with Gasteiger partial charge in [-0.3, -0.25) is 9.25 Å². The van der Waals surface area contributed by atoms with Crippen LogP contribution in [0.4, 0.5) is 0 Å². The molecule has 18 heavy (non-hydrogen) atoms. The molecule has 0 aliphatic heterocycles. The second-order valence-electron chi connectivity index (χ2n) is 4.17. The van der Waals surface area contributed by atoms with E-state index in [-0.39, 0.29) is 0 Å². The Bertz CT molecular complexity index is 765. The van der Waals surface area contributed by atoms with Gasteiger partial charge < -0.3 is 4.98 Å². The molecule has 7 heteroatoms. The fourth-order valence-electron chi connectivity index (χ4n) is 1.87. The highest BCUT2D eigenvalue weighted by atomic mass is 32.1. The maximum Gasteiger partial charge on any atom is 0.179 e. The number of pyridine rings is 1. The van der Waals surface area contributed by atoms with Gasteiger partial charge in [0.05, 0.1) is 12.1 Å². The maximum absolute atomic E-state index is 5.31. The normalized spacial score (nSPS) is 11.2. The molecule has 6 nitrogen and oxygen atoms in total. The quantitative estimate of drug-likeness (QED) is 0.710. The molecule has 3 aromatic heterocycles. The number of hydrogen-bond donors (Lipinski definition) is 1. The van der Waals surface area contributed by atoms with E-state index < -0.39 is 0 Å². The average molecular weight is 260 g/mol. The minimum atomic E-state index is 0.524. The molecule has 0 aliphatic carbocycles. The number of fused-ring (bicyclic) bond motifs is 1. The molecule has 0 unspecified atom stereocenters. The molecule has 0 bridgehead atoms. The largest absolute Gasteiger partial charge is 0.329 e. The summed E-state index contributed by atoms with van der Waals surface area (Å²) in [5, 5.41) is 4.25. The van der Waals surface area contributed by atoms with E-state index in [0.717, 1.165) is 22.7 Å².